The maximum atomic E-state index is 8.46. The van der Waals surface area contributed by atoms with E-state index in [0.717, 1.165) is 0 Å². The van der Waals surface area contributed by atoms with Gasteiger partial charge in [0.2, 0.25) is 0 Å². The lowest BCUT2D eigenvalue weighted by atomic mass is 10.2. The van der Waals surface area contributed by atoms with E-state index in [4.69, 9.17) is 11.7 Å². The number of benzene rings is 1. The van der Waals surface area contributed by atoms with E-state index in [-0.39, 0.29) is 0 Å². The van der Waals surface area contributed by atoms with Crippen molar-refractivity contribution in [2.24, 2.45) is 0 Å². The number of hydrogen-bond acceptors (Lipinski definition) is 2. The molecule has 1 heterocycles. The Balaban J connectivity index is 0.000000134. The van der Waals surface area contributed by atoms with Crippen molar-refractivity contribution in [3.05, 3.63) is 53.9 Å². The summed E-state index contributed by atoms with van der Waals surface area (Å²) in [4.78, 5) is 3.81. The highest BCUT2D eigenvalue weighted by atomic mass is 14.7. The molecule has 2 nitrogen and oxygen atoms in total. The quantitative estimate of drug-likeness (QED) is 0.528. The fraction of sp³-hybridized carbons (Fsp3) is 0. The van der Waals surface area contributed by atoms with Gasteiger partial charge >= 0.3 is 0 Å². The van der Waals surface area contributed by atoms with Crippen LogP contribution in [0.15, 0.2) is 42.6 Å². The Morgan fingerprint density at radius 1 is 1.12 bits per heavy atom. The van der Waals surface area contributed by atoms with Crippen LogP contribution in [0.3, 0.4) is 0 Å². The van der Waals surface area contributed by atoms with Crippen LogP contribution in [-0.4, -0.2) is 4.98 Å². The summed E-state index contributed by atoms with van der Waals surface area (Å²) in [5.41, 5.74) is 3.71. The minimum atomic E-state index is 0.407. The van der Waals surface area contributed by atoms with E-state index in [9.17, 15) is 0 Å². The summed E-state index contributed by atoms with van der Waals surface area (Å²) in [6.07, 6.45) is 6.63. The SMILES string of the molecule is C#Cc1ncccc1C#N.c1cc2cc-2c1. The molecule has 1 aromatic heterocycles. The van der Waals surface area contributed by atoms with Gasteiger partial charge in [0.05, 0.1) is 5.56 Å². The molecule has 0 aromatic carbocycles. The van der Waals surface area contributed by atoms with E-state index < -0.39 is 0 Å². The molecule has 0 amide bonds. The van der Waals surface area contributed by atoms with Gasteiger partial charge in [-0.2, -0.15) is 5.26 Å². The summed E-state index contributed by atoms with van der Waals surface area (Å²) >= 11 is 0. The monoisotopic (exact) mass is 204 g/mol. The van der Waals surface area contributed by atoms with Crippen molar-refractivity contribution in [3.63, 3.8) is 0 Å². The summed E-state index contributed by atoms with van der Waals surface area (Å²) in [6, 6.07) is 13.7. The van der Waals surface area contributed by atoms with Gasteiger partial charge in [-0.15, -0.1) is 6.42 Å². The van der Waals surface area contributed by atoms with Crippen LogP contribution in [0.25, 0.3) is 11.1 Å². The summed E-state index contributed by atoms with van der Waals surface area (Å²) in [6.45, 7) is 0. The Morgan fingerprint density at radius 3 is 2.25 bits per heavy atom. The molecule has 0 spiro atoms. The minimum Gasteiger partial charge on any atom is -0.246 e. The second-order valence-corrected chi connectivity index (χ2v) is 3.24. The van der Waals surface area contributed by atoms with Gasteiger partial charge in [-0.25, -0.2) is 4.98 Å². The van der Waals surface area contributed by atoms with Crippen molar-refractivity contribution in [2.75, 3.05) is 0 Å². The van der Waals surface area contributed by atoms with Crippen LogP contribution < -0.4 is 0 Å². The number of hydrogen-bond donors (Lipinski definition) is 0. The number of nitriles is 1. The highest BCUT2D eigenvalue weighted by molar-refractivity contribution is 5.80. The average molecular weight is 204 g/mol. The number of pyridine rings is 1. The molecule has 0 N–H and O–H groups in total. The molecule has 3 rings (SSSR count). The number of terminal acetylenes is 1. The highest BCUT2D eigenvalue weighted by Gasteiger charge is 2.06. The van der Waals surface area contributed by atoms with Gasteiger partial charge in [0.25, 0.3) is 0 Å². The molecule has 2 aliphatic carbocycles. The van der Waals surface area contributed by atoms with Crippen LogP contribution in [0.1, 0.15) is 11.3 Å². The zero-order valence-electron chi connectivity index (χ0n) is 8.51. The number of nitrogens with zero attached hydrogens (tertiary/aromatic N) is 2. The molecule has 0 unspecified atom stereocenters. The summed E-state index contributed by atoms with van der Waals surface area (Å²) < 4.78 is 0. The molecule has 1 aromatic rings. The van der Waals surface area contributed by atoms with Crippen LogP contribution in [0.2, 0.25) is 0 Å². The number of rotatable bonds is 0. The summed E-state index contributed by atoms with van der Waals surface area (Å²) in [5.74, 6) is 2.31. The molecule has 0 aliphatic heterocycles. The van der Waals surface area contributed by atoms with Crippen LogP contribution in [0.5, 0.6) is 0 Å². The number of aromatic nitrogens is 1. The first kappa shape index (κ1) is 9.96. The molecule has 0 bridgehead atoms. The zero-order chi connectivity index (χ0) is 11.4. The van der Waals surface area contributed by atoms with Crippen LogP contribution >= 0.6 is 0 Å². The van der Waals surface area contributed by atoms with Gasteiger partial charge in [-0.1, -0.05) is 18.2 Å². The average Bonchev–Trinajstić information content (AvgIpc) is 2.96. The van der Waals surface area contributed by atoms with Crippen LogP contribution in [0, 0.1) is 23.7 Å². The molecule has 2 aliphatic rings. The highest BCUT2D eigenvalue weighted by Crippen LogP contribution is 2.32. The molecule has 0 radical (unpaired) electrons. The normalized spacial score (nSPS) is 9.12. The zero-order valence-corrected chi connectivity index (χ0v) is 8.51. The van der Waals surface area contributed by atoms with Crippen molar-refractivity contribution in [2.45, 2.75) is 0 Å². The summed E-state index contributed by atoms with van der Waals surface area (Å²) in [5, 5.41) is 8.46. The second kappa shape index (κ2) is 4.29. The van der Waals surface area contributed by atoms with Crippen molar-refractivity contribution >= 4 is 0 Å². The van der Waals surface area contributed by atoms with Gasteiger partial charge in [-0.3, -0.25) is 0 Å². The molecule has 0 saturated heterocycles. The Labute approximate surface area is 94.2 Å². The Kier molecular flexibility index (Phi) is 2.67. The third kappa shape index (κ3) is 2.08. The molecule has 0 fully saturated rings. The summed E-state index contributed by atoms with van der Waals surface area (Å²) in [7, 11) is 0. The second-order valence-electron chi connectivity index (χ2n) is 3.24. The lowest BCUT2D eigenvalue weighted by molar-refractivity contribution is 1.26. The van der Waals surface area contributed by atoms with Crippen molar-refractivity contribution in [3.8, 4) is 29.5 Å². The van der Waals surface area contributed by atoms with Gasteiger partial charge in [0, 0.05) is 6.20 Å². The third-order valence-electron chi connectivity index (χ3n) is 2.18. The van der Waals surface area contributed by atoms with Gasteiger partial charge in [0.1, 0.15) is 11.8 Å². The molecular weight excluding hydrogens is 196 g/mol. The Bertz CT molecular complexity index is 550. The predicted octanol–water partition coefficient (Wildman–Crippen LogP) is 2.60. The predicted molar refractivity (Wildman–Crippen MR) is 62.3 cm³/mol. The minimum absolute atomic E-state index is 0.407. The first-order chi connectivity index (χ1) is 7.85. The van der Waals surface area contributed by atoms with E-state index in [2.05, 4.69) is 35.2 Å². The fourth-order valence-electron chi connectivity index (χ4n) is 1.29. The standard InChI is InChI=1S/C8H4N2.C6H4/c1-2-8-7(6-9)4-3-5-10-8;1-2-5-4-6(5)3-1/h1,3-5H;1-4H. The lowest BCUT2D eigenvalue weighted by Crippen LogP contribution is -1.85. The van der Waals surface area contributed by atoms with E-state index in [0.29, 0.717) is 11.3 Å². The van der Waals surface area contributed by atoms with E-state index in [1.165, 1.54) is 11.1 Å². The number of fused-ring (bicyclic) bond motifs is 1. The lowest BCUT2D eigenvalue weighted by Gasteiger charge is -1.89. The van der Waals surface area contributed by atoms with Crippen LogP contribution in [0.4, 0.5) is 0 Å². The van der Waals surface area contributed by atoms with E-state index >= 15 is 0 Å². The van der Waals surface area contributed by atoms with Gasteiger partial charge in [-0.05, 0) is 35.2 Å². The van der Waals surface area contributed by atoms with E-state index in [1.807, 2.05) is 6.07 Å². The molecule has 74 valence electrons. The maximum absolute atomic E-state index is 8.46. The molecule has 16 heavy (non-hydrogen) atoms. The molecule has 2 heteroatoms. The smallest absolute Gasteiger partial charge is 0.130 e. The first-order valence-corrected chi connectivity index (χ1v) is 4.77. The van der Waals surface area contributed by atoms with Gasteiger partial charge in [0.15, 0.2) is 0 Å². The van der Waals surface area contributed by atoms with Crippen molar-refractivity contribution in [1.29, 1.82) is 5.26 Å². The first-order valence-electron chi connectivity index (χ1n) is 4.77. The molecule has 0 atom stereocenters. The van der Waals surface area contributed by atoms with Gasteiger partial charge < -0.3 is 0 Å². The third-order valence-corrected chi connectivity index (χ3v) is 2.18. The molecule has 0 saturated carbocycles. The topological polar surface area (TPSA) is 36.7 Å². The Morgan fingerprint density at radius 2 is 1.88 bits per heavy atom. The Hall–Kier alpha value is -2.58. The fourth-order valence-corrected chi connectivity index (χ4v) is 1.29. The molecular formula is C14H8N2. The van der Waals surface area contributed by atoms with E-state index in [1.54, 1.807) is 18.3 Å². The largest absolute Gasteiger partial charge is 0.246 e. The maximum Gasteiger partial charge on any atom is 0.130 e. The van der Waals surface area contributed by atoms with Crippen LogP contribution in [-0.2, 0) is 0 Å². The van der Waals surface area contributed by atoms with Crippen molar-refractivity contribution < 1.29 is 0 Å². The van der Waals surface area contributed by atoms with Crippen molar-refractivity contribution in [1.82, 2.24) is 4.98 Å².